The Hall–Kier alpha value is -2.62. The maximum atomic E-state index is 11.4. The van der Waals surface area contributed by atoms with Crippen LogP contribution in [0.2, 0.25) is 0 Å². The van der Waals surface area contributed by atoms with Crippen LogP contribution >= 0.6 is 0 Å². The first-order chi connectivity index (χ1) is 9.72. The molecule has 20 heavy (non-hydrogen) atoms. The lowest BCUT2D eigenvalue weighted by molar-refractivity contribution is 0.111. The smallest absolute Gasteiger partial charge is 0.170 e. The van der Waals surface area contributed by atoms with Crippen molar-refractivity contribution in [3.8, 4) is 0 Å². The molecule has 100 valence electrons. The first kappa shape index (κ1) is 12.4. The van der Waals surface area contributed by atoms with Crippen LogP contribution in [-0.2, 0) is 0 Å². The van der Waals surface area contributed by atoms with Crippen molar-refractivity contribution in [1.82, 2.24) is 9.38 Å². The summed E-state index contributed by atoms with van der Waals surface area (Å²) >= 11 is 0. The second-order valence-electron chi connectivity index (χ2n) is 4.71. The fourth-order valence-electron chi connectivity index (χ4n) is 2.41. The highest BCUT2D eigenvalue weighted by Crippen LogP contribution is 2.28. The van der Waals surface area contributed by atoms with E-state index in [1.807, 2.05) is 67.5 Å². The number of aromatic nitrogens is 2. The number of para-hydroxylation sites is 1. The minimum absolute atomic E-state index is 0.561. The lowest BCUT2D eigenvalue weighted by Crippen LogP contribution is -2.13. The standard InChI is InChI=1S/C16H15N3O/c1-12-7-3-4-8-13(12)18(2)16-14(11-20)19-10-6-5-9-15(19)17-16/h3-11H,1-2H3. The van der Waals surface area contributed by atoms with Gasteiger partial charge in [-0.05, 0) is 30.7 Å². The highest BCUT2D eigenvalue weighted by atomic mass is 16.1. The molecule has 0 aliphatic rings. The summed E-state index contributed by atoms with van der Waals surface area (Å²) in [6.45, 7) is 2.04. The zero-order chi connectivity index (χ0) is 14.1. The van der Waals surface area contributed by atoms with E-state index in [-0.39, 0.29) is 0 Å². The normalized spacial score (nSPS) is 10.7. The zero-order valence-corrected chi connectivity index (χ0v) is 11.4. The summed E-state index contributed by atoms with van der Waals surface area (Å²) in [5.74, 6) is 0.667. The van der Waals surface area contributed by atoms with Gasteiger partial charge < -0.3 is 4.90 Å². The van der Waals surface area contributed by atoms with Gasteiger partial charge in [0.15, 0.2) is 12.1 Å². The average Bonchev–Trinajstić information content (AvgIpc) is 2.85. The van der Waals surface area contributed by atoms with Crippen LogP contribution in [0, 0.1) is 6.92 Å². The average molecular weight is 265 g/mol. The highest BCUT2D eigenvalue weighted by Gasteiger charge is 2.17. The number of carbonyl (C=O) groups excluding carboxylic acids is 1. The third kappa shape index (κ3) is 1.86. The zero-order valence-electron chi connectivity index (χ0n) is 11.4. The first-order valence-corrected chi connectivity index (χ1v) is 6.44. The molecule has 1 aromatic carbocycles. The van der Waals surface area contributed by atoms with Crippen molar-refractivity contribution in [1.29, 1.82) is 0 Å². The summed E-state index contributed by atoms with van der Waals surface area (Å²) in [7, 11) is 1.93. The Kier molecular flexibility index (Phi) is 2.99. The van der Waals surface area contributed by atoms with Gasteiger partial charge in [-0.2, -0.15) is 0 Å². The number of pyridine rings is 1. The molecule has 0 amide bonds. The van der Waals surface area contributed by atoms with Crippen LogP contribution in [0.3, 0.4) is 0 Å². The van der Waals surface area contributed by atoms with E-state index in [9.17, 15) is 4.79 Å². The molecule has 0 N–H and O–H groups in total. The van der Waals surface area contributed by atoms with Crippen LogP contribution in [0.5, 0.6) is 0 Å². The number of aldehydes is 1. The van der Waals surface area contributed by atoms with Gasteiger partial charge in [0.05, 0.1) is 0 Å². The number of nitrogens with zero attached hydrogens (tertiary/aromatic N) is 3. The fraction of sp³-hybridized carbons (Fsp3) is 0.125. The molecule has 4 heteroatoms. The van der Waals surface area contributed by atoms with Gasteiger partial charge in [-0.1, -0.05) is 24.3 Å². The molecule has 3 aromatic rings. The lowest BCUT2D eigenvalue weighted by atomic mass is 10.2. The summed E-state index contributed by atoms with van der Waals surface area (Å²) in [6, 6.07) is 13.7. The van der Waals surface area contributed by atoms with E-state index in [1.165, 1.54) is 0 Å². The van der Waals surface area contributed by atoms with E-state index in [0.29, 0.717) is 11.5 Å². The molecule has 4 nitrogen and oxygen atoms in total. The number of imidazole rings is 1. The number of aryl methyl sites for hydroxylation is 1. The topological polar surface area (TPSA) is 37.6 Å². The summed E-state index contributed by atoms with van der Waals surface area (Å²) in [6.07, 6.45) is 2.70. The Morgan fingerprint density at radius 1 is 1.15 bits per heavy atom. The first-order valence-electron chi connectivity index (χ1n) is 6.44. The second kappa shape index (κ2) is 4.81. The molecule has 2 heterocycles. The third-order valence-corrected chi connectivity index (χ3v) is 3.45. The van der Waals surface area contributed by atoms with Crippen LogP contribution in [-0.4, -0.2) is 22.7 Å². The maximum absolute atomic E-state index is 11.4. The largest absolute Gasteiger partial charge is 0.327 e. The molecule has 0 unspecified atom stereocenters. The summed E-state index contributed by atoms with van der Waals surface area (Å²) < 4.78 is 1.80. The quantitative estimate of drug-likeness (QED) is 0.682. The number of fused-ring (bicyclic) bond motifs is 1. The van der Waals surface area contributed by atoms with Gasteiger partial charge in [0.25, 0.3) is 0 Å². The SMILES string of the molecule is Cc1ccccc1N(C)c1nc2ccccn2c1C=O. The van der Waals surface area contributed by atoms with Gasteiger partial charge in [0.1, 0.15) is 11.3 Å². The second-order valence-corrected chi connectivity index (χ2v) is 4.71. The number of carbonyl (C=O) groups is 1. The molecule has 3 rings (SSSR count). The molecule has 0 radical (unpaired) electrons. The van der Waals surface area contributed by atoms with Crippen LogP contribution < -0.4 is 4.90 Å². The van der Waals surface area contributed by atoms with Gasteiger partial charge in [-0.15, -0.1) is 0 Å². The lowest BCUT2D eigenvalue weighted by Gasteiger charge is -2.19. The van der Waals surface area contributed by atoms with Gasteiger partial charge in [0, 0.05) is 18.9 Å². The fourth-order valence-corrected chi connectivity index (χ4v) is 2.41. The molecule has 0 saturated carbocycles. The van der Waals surface area contributed by atoms with Crippen molar-refractivity contribution in [2.45, 2.75) is 6.92 Å². The Bertz CT molecular complexity index is 776. The molecular weight excluding hydrogens is 250 g/mol. The number of anilines is 2. The molecular formula is C16H15N3O. The van der Waals surface area contributed by atoms with Gasteiger partial charge >= 0.3 is 0 Å². The van der Waals surface area contributed by atoms with Crippen molar-refractivity contribution < 1.29 is 4.79 Å². The van der Waals surface area contributed by atoms with Crippen molar-refractivity contribution in [3.05, 3.63) is 59.9 Å². The van der Waals surface area contributed by atoms with Crippen molar-refractivity contribution in [3.63, 3.8) is 0 Å². The number of hydrogen-bond donors (Lipinski definition) is 0. The third-order valence-electron chi connectivity index (χ3n) is 3.45. The van der Waals surface area contributed by atoms with Crippen LogP contribution in [0.25, 0.3) is 5.65 Å². The minimum Gasteiger partial charge on any atom is -0.327 e. The molecule has 0 spiro atoms. The number of benzene rings is 1. The van der Waals surface area contributed by atoms with E-state index < -0.39 is 0 Å². The molecule has 0 fully saturated rings. The predicted molar refractivity (Wildman–Crippen MR) is 79.8 cm³/mol. The summed E-state index contributed by atoms with van der Waals surface area (Å²) in [5, 5.41) is 0. The molecule has 0 bridgehead atoms. The van der Waals surface area contributed by atoms with Crippen LogP contribution in [0.1, 0.15) is 16.1 Å². The van der Waals surface area contributed by atoms with Crippen molar-refractivity contribution in [2.75, 3.05) is 11.9 Å². The Labute approximate surface area is 117 Å². The van der Waals surface area contributed by atoms with Gasteiger partial charge in [0.2, 0.25) is 0 Å². The number of rotatable bonds is 3. The monoisotopic (exact) mass is 265 g/mol. The Morgan fingerprint density at radius 2 is 1.90 bits per heavy atom. The molecule has 0 atom stereocenters. The van der Waals surface area contributed by atoms with Crippen LogP contribution in [0.4, 0.5) is 11.5 Å². The Balaban J connectivity index is 2.19. The molecule has 0 aliphatic heterocycles. The van der Waals surface area contributed by atoms with Gasteiger partial charge in [-0.3, -0.25) is 9.20 Å². The molecule has 0 aliphatic carbocycles. The Morgan fingerprint density at radius 3 is 2.65 bits per heavy atom. The molecule has 2 aromatic heterocycles. The minimum atomic E-state index is 0.561. The van der Waals surface area contributed by atoms with Crippen LogP contribution in [0.15, 0.2) is 48.7 Å². The van der Waals surface area contributed by atoms with Crippen molar-refractivity contribution >= 4 is 23.4 Å². The predicted octanol–water partition coefficient (Wildman–Crippen LogP) is 3.22. The summed E-state index contributed by atoms with van der Waals surface area (Å²) in [4.78, 5) is 17.9. The van der Waals surface area contributed by atoms with Crippen molar-refractivity contribution in [2.24, 2.45) is 0 Å². The van der Waals surface area contributed by atoms with E-state index in [0.717, 1.165) is 23.2 Å². The van der Waals surface area contributed by atoms with Gasteiger partial charge in [-0.25, -0.2) is 4.98 Å². The van der Waals surface area contributed by atoms with E-state index in [2.05, 4.69) is 4.98 Å². The summed E-state index contributed by atoms with van der Waals surface area (Å²) in [5.41, 5.74) is 3.51. The molecule has 0 saturated heterocycles. The van der Waals surface area contributed by atoms with E-state index >= 15 is 0 Å². The van der Waals surface area contributed by atoms with E-state index in [1.54, 1.807) is 4.40 Å². The highest BCUT2D eigenvalue weighted by molar-refractivity contribution is 5.85. The van der Waals surface area contributed by atoms with E-state index in [4.69, 9.17) is 0 Å². The maximum Gasteiger partial charge on any atom is 0.170 e. The number of hydrogen-bond acceptors (Lipinski definition) is 3.